The van der Waals surface area contributed by atoms with Crippen molar-refractivity contribution in [2.75, 3.05) is 21.3 Å². The van der Waals surface area contributed by atoms with Crippen molar-refractivity contribution in [3.8, 4) is 23.4 Å². The molecule has 25 heavy (non-hydrogen) atoms. The monoisotopic (exact) mass is 342 g/mol. The lowest BCUT2D eigenvalue weighted by molar-refractivity contribution is 0.180. The molecule has 0 bridgehead atoms. The Morgan fingerprint density at radius 1 is 1.32 bits per heavy atom. The molecule has 0 radical (unpaired) electrons. The van der Waals surface area contributed by atoms with E-state index in [-0.39, 0.29) is 18.4 Å². The molecule has 0 spiro atoms. The maximum atomic E-state index is 9.66. The minimum Gasteiger partial charge on any atom is -0.497 e. The molecule has 130 valence electrons. The van der Waals surface area contributed by atoms with E-state index < -0.39 is 11.8 Å². The molecule has 1 aromatic carbocycles. The normalized spacial score (nSPS) is 18.9. The van der Waals surface area contributed by atoms with Crippen molar-refractivity contribution in [3.05, 3.63) is 35.0 Å². The second-order valence-corrected chi connectivity index (χ2v) is 5.51. The van der Waals surface area contributed by atoms with Gasteiger partial charge < -0.3 is 18.9 Å². The highest BCUT2D eigenvalue weighted by Crippen LogP contribution is 2.46. The predicted octanol–water partition coefficient (Wildman–Crippen LogP) is 2.21. The third-order valence-corrected chi connectivity index (χ3v) is 4.18. The van der Waals surface area contributed by atoms with E-state index in [1.807, 2.05) is 0 Å². The van der Waals surface area contributed by atoms with Crippen molar-refractivity contribution in [2.24, 2.45) is 5.92 Å². The molecule has 0 saturated heterocycles. The van der Waals surface area contributed by atoms with Crippen molar-refractivity contribution in [1.82, 2.24) is 10.2 Å². The number of ether oxygens (including phenoxy) is 4. The maximum Gasteiger partial charge on any atom is 0.243 e. The van der Waals surface area contributed by atoms with Crippen LogP contribution in [0.4, 0.5) is 0 Å². The molecule has 2 N–H and O–H groups in total. The summed E-state index contributed by atoms with van der Waals surface area (Å²) in [6, 6.07) is 7.52. The fourth-order valence-electron chi connectivity index (χ4n) is 3.06. The van der Waals surface area contributed by atoms with E-state index in [4.69, 9.17) is 24.4 Å². The van der Waals surface area contributed by atoms with Crippen LogP contribution in [0.3, 0.4) is 0 Å². The van der Waals surface area contributed by atoms with Gasteiger partial charge in [0, 0.05) is 24.2 Å². The zero-order valence-corrected chi connectivity index (χ0v) is 14.1. The Hall–Kier alpha value is -3.05. The van der Waals surface area contributed by atoms with Crippen LogP contribution in [0.25, 0.3) is 0 Å². The molecule has 2 heterocycles. The smallest absolute Gasteiger partial charge is 0.243 e. The summed E-state index contributed by atoms with van der Waals surface area (Å²) in [4.78, 5) is 0. The molecule has 3 rings (SSSR count). The summed E-state index contributed by atoms with van der Waals surface area (Å²) in [5.41, 5.74) is 2.11. The van der Waals surface area contributed by atoms with Gasteiger partial charge >= 0.3 is 0 Å². The van der Waals surface area contributed by atoms with Crippen LogP contribution >= 0.6 is 0 Å². The van der Waals surface area contributed by atoms with Gasteiger partial charge in [-0.1, -0.05) is 0 Å². The Morgan fingerprint density at radius 2 is 2.12 bits per heavy atom. The van der Waals surface area contributed by atoms with Crippen molar-refractivity contribution in [3.63, 3.8) is 0 Å². The number of fused-ring (bicyclic) bond motifs is 1. The van der Waals surface area contributed by atoms with Crippen LogP contribution in [0.2, 0.25) is 0 Å². The first-order valence-electron chi connectivity index (χ1n) is 7.58. The molecule has 2 aromatic rings. The Morgan fingerprint density at radius 3 is 2.76 bits per heavy atom. The summed E-state index contributed by atoms with van der Waals surface area (Å²) in [5, 5.41) is 24.7. The van der Waals surface area contributed by atoms with Crippen molar-refractivity contribution >= 4 is 5.90 Å². The van der Waals surface area contributed by atoms with Gasteiger partial charge in [0.05, 0.1) is 32.6 Å². The van der Waals surface area contributed by atoms with E-state index in [2.05, 4.69) is 16.3 Å². The zero-order valence-electron chi connectivity index (χ0n) is 14.1. The molecule has 2 unspecified atom stereocenters. The maximum absolute atomic E-state index is 9.66. The molecule has 0 fully saturated rings. The minimum atomic E-state index is -0.818. The first-order valence-corrected chi connectivity index (χ1v) is 7.58. The Bertz CT molecular complexity index is 840. The summed E-state index contributed by atoms with van der Waals surface area (Å²) < 4.78 is 21.4. The van der Waals surface area contributed by atoms with Gasteiger partial charge in [-0.15, -0.1) is 5.10 Å². The number of nitrogens with one attached hydrogen (secondary N) is 2. The number of hydrogen-bond acceptors (Lipinski definition) is 7. The number of benzene rings is 1. The third-order valence-electron chi connectivity index (χ3n) is 4.18. The number of hydrogen-bond donors (Lipinski definition) is 2. The zero-order chi connectivity index (χ0) is 18.0. The number of rotatable bonds is 5. The largest absolute Gasteiger partial charge is 0.497 e. The molecule has 1 aliphatic rings. The quantitative estimate of drug-likeness (QED) is 0.861. The molecule has 8 heteroatoms. The summed E-state index contributed by atoms with van der Waals surface area (Å²) in [7, 11) is 4.70. The highest BCUT2D eigenvalue weighted by molar-refractivity contribution is 5.85. The van der Waals surface area contributed by atoms with Crippen molar-refractivity contribution in [1.29, 1.82) is 10.7 Å². The van der Waals surface area contributed by atoms with Gasteiger partial charge in [-0.05, 0) is 18.2 Å². The van der Waals surface area contributed by atoms with Crippen molar-refractivity contribution < 1.29 is 18.9 Å². The van der Waals surface area contributed by atoms with Gasteiger partial charge in [-0.3, -0.25) is 10.5 Å². The second kappa shape index (κ2) is 6.83. The van der Waals surface area contributed by atoms with Crippen molar-refractivity contribution in [2.45, 2.75) is 12.5 Å². The molecule has 8 nitrogen and oxygen atoms in total. The Kier molecular flexibility index (Phi) is 4.59. The van der Waals surface area contributed by atoms with Crippen LogP contribution in [0.15, 0.2) is 18.2 Å². The molecule has 0 amide bonds. The highest BCUT2D eigenvalue weighted by Gasteiger charge is 2.41. The third kappa shape index (κ3) is 2.79. The van der Waals surface area contributed by atoms with Gasteiger partial charge in [0.15, 0.2) is 0 Å². The van der Waals surface area contributed by atoms with E-state index >= 15 is 0 Å². The molecule has 2 atom stereocenters. The average Bonchev–Trinajstić information content (AvgIpc) is 3.02. The predicted molar refractivity (Wildman–Crippen MR) is 88.1 cm³/mol. The van der Waals surface area contributed by atoms with Gasteiger partial charge in [0.2, 0.25) is 11.8 Å². The van der Waals surface area contributed by atoms with E-state index in [1.54, 1.807) is 39.5 Å². The minimum absolute atomic E-state index is 0.152. The Balaban J connectivity index is 2.24. The van der Waals surface area contributed by atoms with E-state index in [0.717, 1.165) is 5.56 Å². The molecular formula is C17H18N4O4. The summed E-state index contributed by atoms with van der Waals surface area (Å²) in [6.07, 6.45) is 0. The molecule has 1 aromatic heterocycles. The Labute approximate surface area is 144 Å². The van der Waals surface area contributed by atoms with Crippen LogP contribution in [0, 0.1) is 22.7 Å². The summed E-state index contributed by atoms with van der Waals surface area (Å²) in [5.74, 6) is 0.0378. The number of aromatic nitrogens is 2. The number of aromatic amines is 1. The first kappa shape index (κ1) is 16.8. The summed E-state index contributed by atoms with van der Waals surface area (Å²) in [6.45, 7) is 0.278. The molecule has 1 aliphatic heterocycles. The number of H-pyrrole nitrogens is 1. The van der Waals surface area contributed by atoms with Crippen LogP contribution in [-0.4, -0.2) is 37.4 Å². The number of methoxy groups -OCH3 is 3. The van der Waals surface area contributed by atoms with Gasteiger partial charge in [0.25, 0.3) is 0 Å². The number of nitriles is 1. The first-order chi connectivity index (χ1) is 12.1. The molecule has 0 saturated carbocycles. The standard InChI is InChI=1S/C17H18N4O4/c1-22-8-12-15-14(10-6-9(23-2)4-5-13(10)24-3)11(7-18)16(19)25-17(15)21-20-12/h4-6,11,14,19H,8H2,1-3H3,(H,20,21). The molecule has 0 aliphatic carbocycles. The second-order valence-electron chi connectivity index (χ2n) is 5.51. The average molecular weight is 342 g/mol. The number of nitrogens with zero attached hydrogens (tertiary/aromatic N) is 2. The fraction of sp³-hybridized carbons (Fsp3) is 0.353. The summed E-state index contributed by atoms with van der Waals surface area (Å²) >= 11 is 0. The lowest BCUT2D eigenvalue weighted by Crippen LogP contribution is -2.31. The van der Waals surface area contributed by atoms with Crippen LogP contribution in [0.5, 0.6) is 17.4 Å². The lowest BCUT2D eigenvalue weighted by atomic mass is 9.79. The fourth-order valence-corrected chi connectivity index (χ4v) is 3.06. The molecular weight excluding hydrogens is 324 g/mol. The van der Waals surface area contributed by atoms with Gasteiger partial charge in [-0.25, -0.2) is 0 Å². The van der Waals surface area contributed by atoms with Gasteiger partial charge in [0.1, 0.15) is 17.4 Å². The van der Waals surface area contributed by atoms with Crippen LogP contribution < -0.4 is 14.2 Å². The van der Waals surface area contributed by atoms with E-state index in [9.17, 15) is 5.26 Å². The highest BCUT2D eigenvalue weighted by atomic mass is 16.5. The van der Waals surface area contributed by atoms with E-state index in [1.165, 1.54) is 0 Å². The van der Waals surface area contributed by atoms with Crippen LogP contribution in [0.1, 0.15) is 22.7 Å². The van der Waals surface area contributed by atoms with E-state index in [0.29, 0.717) is 22.8 Å². The van der Waals surface area contributed by atoms with Crippen LogP contribution in [-0.2, 0) is 11.3 Å². The topological polar surface area (TPSA) is 113 Å². The lowest BCUT2D eigenvalue weighted by Gasteiger charge is -2.29. The SMILES string of the molecule is COCc1[nH]nc2c1C(c1cc(OC)ccc1OC)C(C#N)C(=N)O2. The van der Waals surface area contributed by atoms with Gasteiger partial charge in [-0.2, -0.15) is 5.26 Å².